The van der Waals surface area contributed by atoms with Crippen LogP contribution in [0.15, 0.2) is 29.2 Å². The fourth-order valence-electron chi connectivity index (χ4n) is 2.84. The van der Waals surface area contributed by atoms with Gasteiger partial charge in [0.2, 0.25) is 0 Å². The van der Waals surface area contributed by atoms with Crippen LogP contribution in [0.4, 0.5) is 5.69 Å². The summed E-state index contributed by atoms with van der Waals surface area (Å²) in [6, 6.07) is 7.33. The molecule has 1 heterocycles. The molecule has 0 amide bonds. The zero-order chi connectivity index (χ0) is 17.6. The summed E-state index contributed by atoms with van der Waals surface area (Å²) in [5, 5.41) is 0.950. The van der Waals surface area contributed by atoms with Crippen LogP contribution < -0.4 is 0 Å². The van der Waals surface area contributed by atoms with Crippen LogP contribution in [0.5, 0.6) is 0 Å². The van der Waals surface area contributed by atoms with Crippen molar-refractivity contribution in [2.24, 2.45) is 0 Å². The van der Waals surface area contributed by atoms with Gasteiger partial charge in [0.05, 0.1) is 20.1 Å². The number of sulfonamides is 1. The highest BCUT2D eigenvalue weighted by molar-refractivity contribution is 7.94. The first-order valence-electron chi connectivity index (χ1n) is 7.61. The molecule has 0 atom stereocenters. The van der Waals surface area contributed by atoms with Gasteiger partial charge in [-0.15, -0.1) is 17.0 Å². The molecular formula is C18H19N2O2S2-. The van der Waals surface area contributed by atoms with Gasteiger partial charge in [-0.25, -0.2) is 13.4 Å². The molecule has 0 bridgehead atoms. The maximum absolute atomic E-state index is 12.9. The van der Waals surface area contributed by atoms with E-state index in [0.29, 0.717) is 10.6 Å². The van der Waals surface area contributed by atoms with E-state index in [1.165, 1.54) is 0 Å². The number of nitrogens with zero attached hydrogens (tertiary/aromatic N) is 2. The maximum atomic E-state index is 12.9. The molecule has 24 heavy (non-hydrogen) atoms. The molecule has 4 nitrogen and oxygen atoms in total. The van der Waals surface area contributed by atoms with Crippen LogP contribution in [-0.2, 0) is 10.0 Å². The molecule has 0 fully saturated rings. The molecule has 6 heteroatoms. The number of aryl methyl sites for hydroxylation is 3. The Balaban J connectivity index is 2.08. The van der Waals surface area contributed by atoms with Gasteiger partial charge in [-0.3, -0.25) is 0 Å². The highest BCUT2D eigenvalue weighted by Crippen LogP contribution is 2.35. The lowest BCUT2D eigenvalue weighted by Gasteiger charge is -2.26. The van der Waals surface area contributed by atoms with Gasteiger partial charge in [0.1, 0.15) is 10.0 Å². The first-order chi connectivity index (χ1) is 11.2. The summed E-state index contributed by atoms with van der Waals surface area (Å²) in [5.41, 5.74) is 4.61. The van der Waals surface area contributed by atoms with E-state index in [1.807, 2.05) is 46.8 Å². The minimum atomic E-state index is -3.78. The second kappa shape index (κ2) is 5.86. The Morgan fingerprint density at radius 1 is 0.958 bits per heavy atom. The smallest absolute Gasteiger partial charge is 0.123 e. The average Bonchev–Trinajstić information content (AvgIpc) is 2.84. The van der Waals surface area contributed by atoms with Crippen LogP contribution >= 0.6 is 11.3 Å². The number of benzene rings is 2. The Morgan fingerprint density at radius 3 is 2.21 bits per heavy atom. The summed E-state index contributed by atoms with van der Waals surface area (Å²) in [6.07, 6.45) is 0. The summed E-state index contributed by atoms with van der Waals surface area (Å²) >= 11 is 1.58. The van der Waals surface area contributed by atoms with Crippen LogP contribution in [-0.4, -0.2) is 13.4 Å². The summed E-state index contributed by atoms with van der Waals surface area (Å²) < 4.78 is 30.9. The van der Waals surface area contributed by atoms with Crippen LogP contribution in [0.3, 0.4) is 0 Å². The van der Waals surface area contributed by atoms with Crippen molar-refractivity contribution in [3.8, 4) is 0 Å². The van der Waals surface area contributed by atoms with Crippen molar-refractivity contribution in [2.75, 3.05) is 0 Å². The molecule has 3 rings (SSSR count). The van der Waals surface area contributed by atoms with Crippen LogP contribution in [0.25, 0.3) is 14.9 Å². The van der Waals surface area contributed by atoms with Crippen molar-refractivity contribution in [1.82, 2.24) is 4.98 Å². The normalized spacial score (nSPS) is 11.9. The van der Waals surface area contributed by atoms with Gasteiger partial charge in [0.15, 0.2) is 0 Å². The summed E-state index contributed by atoms with van der Waals surface area (Å²) in [7, 11) is -3.78. The number of hydrogen-bond donors (Lipinski definition) is 0. The highest BCUT2D eigenvalue weighted by Gasteiger charge is 2.16. The number of hydrogen-bond acceptors (Lipinski definition) is 4. The number of thiazole rings is 1. The summed E-state index contributed by atoms with van der Waals surface area (Å²) in [4.78, 5) is 4.72. The Labute approximate surface area is 146 Å². The van der Waals surface area contributed by atoms with Crippen LogP contribution in [0.1, 0.15) is 27.3 Å². The third-order valence-corrected chi connectivity index (χ3v) is 6.79. The standard InChI is InChI=1S/C18H19N2O2S2/c1-10-8-11(2)13(4)18(12(10)3)24(21,22)20-15-6-7-17-16(9-15)19-14(5)23-17/h6-9H,1-5H3/q-1. The van der Waals surface area contributed by atoms with E-state index in [-0.39, 0.29) is 0 Å². The lowest BCUT2D eigenvalue weighted by Crippen LogP contribution is -2.06. The largest absolute Gasteiger partial charge is 0.573 e. The second-order valence-corrected chi connectivity index (χ2v) is 8.82. The quantitative estimate of drug-likeness (QED) is 0.643. The highest BCUT2D eigenvalue weighted by atomic mass is 32.2. The van der Waals surface area contributed by atoms with Gasteiger partial charge in [0, 0.05) is 0 Å². The molecule has 0 aliphatic carbocycles. The molecule has 0 radical (unpaired) electrons. The third-order valence-electron chi connectivity index (χ3n) is 4.26. The van der Waals surface area contributed by atoms with E-state index in [4.69, 9.17) is 0 Å². The Kier molecular flexibility index (Phi) is 4.13. The molecule has 0 saturated heterocycles. The van der Waals surface area contributed by atoms with E-state index in [1.54, 1.807) is 23.5 Å². The first kappa shape index (κ1) is 16.9. The van der Waals surface area contributed by atoms with Gasteiger partial charge >= 0.3 is 0 Å². The molecule has 0 aliphatic heterocycles. The molecule has 0 N–H and O–H groups in total. The Morgan fingerprint density at radius 2 is 1.58 bits per heavy atom. The van der Waals surface area contributed by atoms with Gasteiger partial charge in [-0.1, -0.05) is 12.1 Å². The molecule has 0 unspecified atom stereocenters. The van der Waals surface area contributed by atoms with Gasteiger partial charge in [0.25, 0.3) is 0 Å². The van der Waals surface area contributed by atoms with Crippen molar-refractivity contribution < 1.29 is 8.42 Å². The van der Waals surface area contributed by atoms with Crippen molar-refractivity contribution in [1.29, 1.82) is 0 Å². The van der Waals surface area contributed by atoms with Crippen molar-refractivity contribution in [2.45, 2.75) is 39.5 Å². The Bertz CT molecular complexity index is 1020. The molecule has 126 valence electrons. The molecular weight excluding hydrogens is 340 g/mol. The van der Waals surface area contributed by atoms with Gasteiger partial charge in [-0.05, 0) is 69.0 Å². The van der Waals surface area contributed by atoms with E-state index < -0.39 is 10.0 Å². The SMILES string of the molecule is Cc1nc2cc([N-]S(=O)(=O)c3c(C)c(C)cc(C)c3C)ccc2s1. The molecule has 0 saturated carbocycles. The van der Waals surface area contributed by atoms with E-state index in [0.717, 1.165) is 37.5 Å². The zero-order valence-corrected chi connectivity index (χ0v) is 16.0. The average molecular weight is 359 g/mol. The number of rotatable bonds is 3. The first-order valence-corrected chi connectivity index (χ1v) is 9.87. The summed E-state index contributed by atoms with van der Waals surface area (Å²) in [5.74, 6) is 0. The van der Waals surface area contributed by atoms with E-state index in [2.05, 4.69) is 9.71 Å². The molecule has 3 aromatic rings. The van der Waals surface area contributed by atoms with Gasteiger partial charge in [-0.2, -0.15) is 0 Å². The predicted molar refractivity (Wildman–Crippen MR) is 100.0 cm³/mol. The zero-order valence-electron chi connectivity index (χ0n) is 14.3. The number of fused-ring (bicyclic) bond motifs is 1. The lowest BCUT2D eigenvalue weighted by atomic mass is 10.0. The molecule has 1 aromatic heterocycles. The molecule has 0 spiro atoms. The maximum Gasteiger partial charge on any atom is 0.123 e. The topological polar surface area (TPSA) is 61.1 Å². The van der Waals surface area contributed by atoms with Crippen molar-refractivity contribution in [3.63, 3.8) is 0 Å². The van der Waals surface area contributed by atoms with E-state index in [9.17, 15) is 8.42 Å². The summed E-state index contributed by atoms with van der Waals surface area (Å²) in [6.45, 7) is 9.44. The third kappa shape index (κ3) is 2.91. The molecule has 0 aliphatic rings. The van der Waals surface area contributed by atoms with Crippen LogP contribution in [0.2, 0.25) is 0 Å². The van der Waals surface area contributed by atoms with Crippen molar-refractivity contribution in [3.05, 3.63) is 56.2 Å². The molecule has 2 aromatic carbocycles. The Hall–Kier alpha value is -1.92. The van der Waals surface area contributed by atoms with Crippen LogP contribution in [0, 0.1) is 34.6 Å². The second-order valence-electron chi connectivity index (χ2n) is 6.04. The number of aromatic nitrogens is 1. The lowest BCUT2D eigenvalue weighted by molar-refractivity contribution is 0.602. The predicted octanol–water partition coefficient (Wildman–Crippen LogP) is 5.23. The fourth-order valence-corrected chi connectivity index (χ4v) is 5.23. The van der Waals surface area contributed by atoms with Gasteiger partial charge < -0.3 is 4.72 Å². The minimum absolute atomic E-state index is 0.314. The monoisotopic (exact) mass is 359 g/mol. The fraction of sp³-hybridized carbons (Fsp3) is 0.278. The minimum Gasteiger partial charge on any atom is -0.573 e. The van der Waals surface area contributed by atoms with Crippen molar-refractivity contribution >= 4 is 37.3 Å². The van der Waals surface area contributed by atoms with E-state index >= 15 is 0 Å².